The number of aromatic nitrogens is 1. The van der Waals surface area contributed by atoms with E-state index in [0.717, 1.165) is 64.6 Å². The van der Waals surface area contributed by atoms with Crippen molar-refractivity contribution in [1.29, 1.82) is 0 Å². The molecule has 1 spiro atoms. The van der Waals surface area contributed by atoms with Gasteiger partial charge in [0.2, 0.25) is 0 Å². The van der Waals surface area contributed by atoms with Crippen molar-refractivity contribution >= 4 is 89.6 Å². The Hall–Kier alpha value is -11.7. The topological polar surface area (TPSA) is 24.6 Å². The Morgan fingerprint density at radius 2 is 0.897 bits per heavy atom. The molecule has 107 heavy (non-hydrogen) atoms. The highest BCUT2D eigenvalue weighted by atomic mass is 16.3. The second kappa shape index (κ2) is 24.2. The fourth-order valence-corrected chi connectivity index (χ4v) is 19.1. The number of para-hydroxylation sites is 3. The van der Waals surface area contributed by atoms with E-state index in [4.69, 9.17) is 4.42 Å². The molecule has 4 aliphatic rings. The highest BCUT2D eigenvalue weighted by molar-refractivity contribution is 7.00. The SMILES string of the molecule is CC(C)(C)c1ccc(CCCCN2c3cc(-n4c5ccccc5c5cc6c(cc54)C4(c5ccccc5-c5ccccc54)c4ccccc4-6)ccc3B3c4cc(-c5cccc6c5oc5ccccc56)ccc4N(Cc4ccc(C(C)(C)C)cc4-c4ccccc4)c4cc(C(C)(C)C)cc2c43)c(-c2ccccc2)c1. The molecular formula is C102H86BN3O. The van der Waals surface area contributed by atoms with Gasteiger partial charge in [0.15, 0.2) is 0 Å². The predicted molar refractivity (Wildman–Crippen MR) is 453 cm³/mol. The van der Waals surface area contributed by atoms with Crippen LogP contribution >= 0.6 is 0 Å². The first kappa shape index (κ1) is 64.9. The van der Waals surface area contributed by atoms with E-state index in [0.29, 0.717) is 6.54 Å². The summed E-state index contributed by atoms with van der Waals surface area (Å²) >= 11 is 0. The monoisotopic (exact) mass is 1380 g/mol. The summed E-state index contributed by atoms with van der Waals surface area (Å²) < 4.78 is 9.55. The van der Waals surface area contributed by atoms with Crippen LogP contribution in [0.2, 0.25) is 0 Å². The van der Waals surface area contributed by atoms with Gasteiger partial charge in [0.1, 0.15) is 11.2 Å². The van der Waals surface area contributed by atoms with Crippen molar-refractivity contribution in [3.8, 4) is 61.3 Å². The number of furan rings is 1. The summed E-state index contributed by atoms with van der Waals surface area (Å²) in [5.74, 6) is 0. The summed E-state index contributed by atoms with van der Waals surface area (Å²) in [6, 6.07) is 114. The highest BCUT2D eigenvalue weighted by Gasteiger charge is 2.52. The largest absolute Gasteiger partial charge is 0.455 e. The Labute approximate surface area is 629 Å². The van der Waals surface area contributed by atoms with Gasteiger partial charge in [0.05, 0.1) is 16.4 Å². The fraction of sp³-hybridized carbons (Fsp3) is 0.176. The molecule has 0 amide bonds. The molecule has 518 valence electrons. The van der Waals surface area contributed by atoms with E-state index in [1.165, 1.54) is 156 Å². The molecule has 0 bridgehead atoms. The number of hydrogen-bond donors (Lipinski definition) is 0. The molecule has 2 aromatic heterocycles. The maximum atomic E-state index is 6.94. The van der Waals surface area contributed by atoms with E-state index in [1.807, 2.05) is 0 Å². The molecule has 2 aliphatic carbocycles. The van der Waals surface area contributed by atoms with Gasteiger partial charge in [0, 0.05) is 68.6 Å². The molecule has 0 radical (unpaired) electrons. The maximum Gasteiger partial charge on any atom is 0.252 e. The number of rotatable bonds is 11. The number of hydrogen-bond acceptors (Lipinski definition) is 3. The van der Waals surface area contributed by atoms with E-state index in [-0.39, 0.29) is 23.0 Å². The van der Waals surface area contributed by atoms with Crippen LogP contribution in [0.3, 0.4) is 0 Å². The lowest BCUT2D eigenvalue weighted by Crippen LogP contribution is -2.62. The van der Waals surface area contributed by atoms with Crippen LogP contribution in [0.4, 0.5) is 22.7 Å². The Balaban J connectivity index is 0.822. The van der Waals surface area contributed by atoms with E-state index in [2.05, 4.69) is 374 Å². The second-order valence-electron chi connectivity index (χ2n) is 33.7. The summed E-state index contributed by atoms with van der Waals surface area (Å²) in [7, 11) is 0. The van der Waals surface area contributed by atoms with Gasteiger partial charge >= 0.3 is 0 Å². The third-order valence-electron chi connectivity index (χ3n) is 24.4. The molecule has 14 aromatic carbocycles. The standard InChI is InChI=1S/C102H86BN3O/c1-99(2,3)69-49-46-66(80(56-69)64-29-12-10-13-30-64)33-26-27-54-104-93-60-72(106-90-44-24-19-37-77(90)83-61-82-76-36-18-23-43-86(76)102(87(82)62-92(83)106)84-41-21-16-34-74(84)75-35-17-22-42-85(75)102)51-52-88(93)103-89-55-67(73-39-28-40-79-78-38-20-25-45-96(78)107-98(73)79)48-53-91(89)105(95-59-71(101(7,8)9)58-94(104)97(95)103)63-68-47-50-70(100(4,5)6)57-81(68)65-31-14-11-15-32-65/h10-25,28-32,34-53,55-62H,26-27,33,54,63H2,1-9H3. The smallest absolute Gasteiger partial charge is 0.252 e. The molecule has 0 atom stereocenters. The Kier molecular flexibility index (Phi) is 14.7. The average molecular weight is 1380 g/mol. The third kappa shape index (κ3) is 10.1. The Bertz CT molecular complexity index is 6280. The summed E-state index contributed by atoms with van der Waals surface area (Å²) in [6.07, 6.45) is 2.94. The lowest BCUT2D eigenvalue weighted by atomic mass is 9.33. The molecule has 20 rings (SSSR count). The number of unbranched alkanes of at least 4 members (excludes halogenated alkanes) is 1. The van der Waals surface area contributed by atoms with Gasteiger partial charge in [-0.1, -0.05) is 305 Å². The van der Waals surface area contributed by atoms with E-state index < -0.39 is 5.41 Å². The van der Waals surface area contributed by atoms with Gasteiger partial charge in [-0.25, -0.2) is 0 Å². The zero-order valence-corrected chi connectivity index (χ0v) is 62.7. The molecule has 0 unspecified atom stereocenters. The van der Waals surface area contributed by atoms with Crippen molar-refractivity contribution < 1.29 is 4.42 Å². The van der Waals surface area contributed by atoms with Crippen LogP contribution < -0.4 is 26.2 Å². The first-order chi connectivity index (χ1) is 52.0. The van der Waals surface area contributed by atoms with Crippen molar-refractivity contribution in [3.05, 3.63) is 347 Å². The molecule has 4 nitrogen and oxygen atoms in total. The van der Waals surface area contributed by atoms with Crippen molar-refractivity contribution in [2.24, 2.45) is 0 Å². The van der Waals surface area contributed by atoms with Gasteiger partial charge in [-0.3, -0.25) is 0 Å². The molecular weight excluding hydrogens is 1290 g/mol. The quantitative estimate of drug-likeness (QED) is 0.0953. The first-order valence-electron chi connectivity index (χ1n) is 38.6. The number of fused-ring (bicyclic) bond motifs is 20. The van der Waals surface area contributed by atoms with E-state index in [1.54, 1.807) is 0 Å². The van der Waals surface area contributed by atoms with Gasteiger partial charge in [-0.15, -0.1) is 0 Å². The number of anilines is 4. The minimum Gasteiger partial charge on any atom is -0.455 e. The molecule has 0 saturated heterocycles. The summed E-state index contributed by atoms with van der Waals surface area (Å²) in [5.41, 5.74) is 38.3. The lowest BCUT2D eigenvalue weighted by molar-refractivity contribution is 0.589. The minimum atomic E-state index is -0.500. The van der Waals surface area contributed by atoms with Crippen LogP contribution in [0.5, 0.6) is 0 Å². The van der Waals surface area contributed by atoms with E-state index >= 15 is 0 Å². The molecule has 0 N–H and O–H groups in total. The molecule has 16 aromatic rings. The fourth-order valence-electron chi connectivity index (χ4n) is 19.1. The van der Waals surface area contributed by atoms with Crippen LogP contribution in [0.1, 0.15) is 125 Å². The highest BCUT2D eigenvalue weighted by Crippen LogP contribution is 2.64. The zero-order chi connectivity index (χ0) is 72.4. The molecule has 5 heteroatoms. The number of aryl methyl sites for hydroxylation is 1. The maximum absolute atomic E-state index is 6.94. The molecule has 2 aliphatic heterocycles. The van der Waals surface area contributed by atoms with Crippen molar-refractivity contribution in [1.82, 2.24) is 4.57 Å². The lowest BCUT2D eigenvalue weighted by Gasteiger charge is -2.45. The van der Waals surface area contributed by atoms with E-state index in [9.17, 15) is 0 Å². The third-order valence-corrected chi connectivity index (χ3v) is 24.4. The van der Waals surface area contributed by atoms with Crippen molar-refractivity contribution in [3.63, 3.8) is 0 Å². The van der Waals surface area contributed by atoms with Gasteiger partial charge in [0.25, 0.3) is 6.71 Å². The summed E-state index contributed by atoms with van der Waals surface area (Å²) in [6.45, 7) is 22.6. The zero-order valence-electron chi connectivity index (χ0n) is 62.7. The summed E-state index contributed by atoms with van der Waals surface area (Å²) in [4.78, 5) is 5.49. The Morgan fingerprint density at radius 1 is 0.336 bits per heavy atom. The van der Waals surface area contributed by atoms with Crippen LogP contribution in [-0.4, -0.2) is 17.8 Å². The Morgan fingerprint density at radius 3 is 1.56 bits per heavy atom. The molecule has 0 saturated carbocycles. The molecule has 4 heterocycles. The van der Waals surface area contributed by atoms with Gasteiger partial charge in [-0.2, -0.15) is 0 Å². The van der Waals surface area contributed by atoms with Crippen molar-refractivity contribution in [2.45, 2.75) is 110 Å². The van der Waals surface area contributed by atoms with Gasteiger partial charge in [-0.05, 0) is 207 Å². The average Bonchev–Trinajstić information content (AvgIpc) is 1.29. The van der Waals surface area contributed by atoms with Crippen molar-refractivity contribution in [2.75, 3.05) is 16.3 Å². The molecule has 0 fully saturated rings. The second-order valence-corrected chi connectivity index (χ2v) is 33.7. The van der Waals surface area contributed by atoms with Crippen LogP contribution in [0, 0.1) is 0 Å². The number of nitrogens with zero attached hydrogens (tertiary/aromatic N) is 3. The van der Waals surface area contributed by atoms with Crippen LogP contribution in [0.25, 0.3) is 105 Å². The normalized spacial score (nSPS) is 13.9. The summed E-state index contributed by atoms with van der Waals surface area (Å²) in [5, 5.41) is 4.76. The van der Waals surface area contributed by atoms with Gasteiger partial charge < -0.3 is 18.8 Å². The first-order valence-corrected chi connectivity index (χ1v) is 38.6. The van der Waals surface area contributed by atoms with Crippen LogP contribution in [0.15, 0.2) is 302 Å². The predicted octanol–water partition coefficient (Wildman–Crippen LogP) is 24.6. The number of benzene rings is 14. The minimum absolute atomic E-state index is 0.0180. The van der Waals surface area contributed by atoms with Crippen LogP contribution in [-0.2, 0) is 34.6 Å².